The Morgan fingerprint density at radius 3 is 2.56 bits per heavy atom. The fourth-order valence-electron chi connectivity index (χ4n) is 2.86. The third kappa shape index (κ3) is 7.38. The second-order valence-electron chi connectivity index (χ2n) is 6.85. The summed E-state index contributed by atoms with van der Waals surface area (Å²) >= 11 is 1.27. The van der Waals surface area contributed by atoms with Gasteiger partial charge in [0.15, 0.2) is 0 Å². The quantitative estimate of drug-likeness (QED) is 0.316. The van der Waals surface area contributed by atoms with Crippen molar-refractivity contribution < 1.29 is 29.4 Å². The van der Waals surface area contributed by atoms with Gasteiger partial charge in [0.05, 0.1) is 23.2 Å². The van der Waals surface area contributed by atoms with Crippen LogP contribution in [0.25, 0.3) is 10.9 Å². The van der Waals surface area contributed by atoms with E-state index < -0.39 is 42.8 Å². The number of carboxylic acid groups (broad SMARTS) is 2. The number of carbonyl (C=O) groups excluding carboxylic acids is 2. The average molecular weight is 465 g/mol. The summed E-state index contributed by atoms with van der Waals surface area (Å²) in [4.78, 5) is 62.4. The Bertz CT molecular complexity index is 1070. The summed E-state index contributed by atoms with van der Waals surface area (Å²) in [5, 5.41) is 22.7. The molecule has 11 nitrogen and oxygen atoms in total. The van der Waals surface area contributed by atoms with Gasteiger partial charge in [0, 0.05) is 18.7 Å². The van der Waals surface area contributed by atoms with Gasteiger partial charge in [0.2, 0.25) is 11.8 Å². The van der Waals surface area contributed by atoms with Crippen molar-refractivity contribution in [2.24, 2.45) is 0 Å². The lowest BCUT2D eigenvalue weighted by Crippen LogP contribution is -2.46. The number of hydrogen-bond donors (Lipinski definition) is 4. The molecule has 1 aromatic carbocycles. The van der Waals surface area contributed by atoms with Crippen LogP contribution in [0.1, 0.15) is 18.7 Å². The molecule has 0 aliphatic rings. The first-order valence-corrected chi connectivity index (χ1v) is 10.9. The molecule has 0 saturated heterocycles. The Morgan fingerprint density at radius 1 is 1.16 bits per heavy atom. The molecule has 0 radical (unpaired) electrons. The Balaban J connectivity index is 1.75. The molecule has 1 atom stereocenters. The van der Waals surface area contributed by atoms with Crippen LogP contribution in [0, 0.1) is 6.92 Å². The topological polar surface area (TPSA) is 168 Å². The molecule has 0 aliphatic carbocycles. The molecular weight excluding hydrogens is 440 g/mol. The third-order valence-electron chi connectivity index (χ3n) is 4.47. The fraction of sp³-hybridized carbons (Fsp3) is 0.400. The Labute approximate surface area is 187 Å². The number of fused-ring (bicyclic) bond motifs is 1. The number of amides is 2. The predicted octanol–water partition coefficient (Wildman–Crippen LogP) is -0.0115. The summed E-state index contributed by atoms with van der Waals surface area (Å²) in [6.45, 7) is 1.68. The normalized spacial score (nSPS) is 11.7. The summed E-state index contributed by atoms with van der Waals surface area (Å²) in [6.07, 6.45) is -0.668. The van der Waals surface area contributed by atoms with Crippen LogP contribution >= 0.6 is 11.8 Å². The molecule has 0 spiro atoms. The number of carboxylic acids is 2. The second kappa shape index (κ2) is 11.8. The highest BCUT2D eigenvalue weighted by Crippen LogP contribution is 2.08. The number of nitrogens with one attached hydrogen (secondary N) is 2. The van der Waals surface area contributed by atoms with Gasteiger partial charge in [-0.25, -0.2) is 9.78 Å². The highest BCUT2D eigenvalue weighted by molar-refractivity contribution is 7.99. The lowest BCUT2D eigenvalue weighted by atomic mass is 10.1. The SMILES string of the molecule is Cc1nc2ccccc2c(=O)n1CCSCC(=O)NCC(=O)NC(CCC(=O)O)C(=O)O. The summed E-state index contributed by atoms with van der Waals surface area (Å²) in [6, 6.07) is 5.72. The number of para-hydroxylation sites is 1. The predicted molar refractivity (Wildman–Crippen MR) is 118 cm³/mol. The van der Waals surface area contributed by atoms with Crippen LogP contribution < -0.4 is 16.2 Å². The monoisotopic (exact) mass is 464 g/mol. The lowest BCUT2D eigenvalue weighted by Gasteiger charge is -2.14. The highest BCUT2D eigenvalue weighted by atomic mass is 32.2. The summed E-state index contributed by atoms with van der Waals surface area (Å²) in [7, 11) is 0. The highest BCUT2D eigenvalue weighted by Gasteiger charge is 2.21. The number of aliphatic carboxylic acids is 2. The van der Waals surface area contributed by atoms with E-state index in [4.69, 9.17) is 10.2 Å². The number of aryl methyl sites for hydroxylation is 1. The van der Waals surface area contributed by atoms with E-state index in [1.165, 1.54) is 11.8 Å². The van der Waals surface area contributed by atoms with Crippen molar-refractivity contribution in [3.8, 4) is 0 Å². The van der Waals surface area contributed by atoms with Gasteiger partial charge in [-0.1, -0.05) is 12.1 Å². The maximum absolute atomic E-state index is 12.6. The first kappa shape index (κ1) is 24.9. The van der Waals surface area contributed by atoms with Gasteiger partial charge in [-0.05, 0) is 25.5 Å². The zero-order valence-electron chi connectivity index (χ0n) is 17.4. The minimum Gasteiger partial charge on any atom is -0.481 e. The minimum atomic E-state index is -1.35. The smallest absolute Gasteiger partial charge is 0.326 e. The summed E-state index contributed by atoms with van der Waals surface area (Å²) in [5.74, 6) is -2.59. The second-order valence-corrected chi connectivity index (χ2v) is 7.96. The standard InChI is InChI=1S/C20H24N4O7S/c1-12-22-14-5-3-2-4-13(14)19(29)24(12)8-9-32-11-17(26)21-10-16(25)23-15(20(30)31)6-7-18(27)28/h2-5,15H,6-11H2,1H3,(H,21,26)(H,23,25)(H,27,28)(H,30,31). The molecule has 12 heteroatoms. The van der Waals surface area contributed by atoms with Crippen molar-refractivity contribution in [3.05, 3.63) is 40.4 Å². The number of nitrogens with zero attached hydrogens (tertiary/aromatic N) is 2. The van der Waals surface area contributed by atoms with E-state index in [-0.39, 0.29) is 17.7 Å². The maximum atomic E-state index is 12.6. The molecule has 0 saturated carbocycles. The molecule has 4 N–H and O–H groups in total. The molecule has 0 aliphatic heterocycles. The molecule has 172 valence electrons. The van der Waals surface area contributed by atoms with E-state index in [2.05, 4.69) is 15.6 Å². The van der Waals surface area contributed by atoms with Gasteiger partial charge in [0.25, 0.3) is 5.56 Å². The van der Waals surface area contributed by atoms with Crippen molar-refractivity contribution in [1.82, 2.24) is 20.2 Å². The van der Waals surface area contributed by atoms with Crippen molar-refractivity contribution in [1.29, 1.82) is 0 Å². The van der Waals surface area contributed by atoms with E-state index in [0.29, 0.717) is 29.0 Å². The van der Waals surface area contributed by atoms with Crippen LogP contribution in [0.5, 0.6) is 0 Å². The van der Waals surface area contributed by atoms with Crippen molar-refractivity contribution in [2.75, 3.05) is 18.1 Å². The van der Waals surface area contributed by atoms with Crippen LogP contribution in [0.2, 0.25) is 0 Å². The van der Waals surface area contributed by atoms with Gasteiger partial charge in [0.1, 0.15) is 11.9 Å². The number of rotatable bonds is 12. The third-order valence-corrected chi connectivity index (χ3v) is 5.41. The molecule has 0 fully saturated rings. The Hall–Kier alpha value is -3.41. The number of carbonyl (C=O) groups is 4. The van der Waals surface area contributed by atoms with Crippen molar-refractivity contribution >= 4 is 46.4 Å². The van der Waals surface area contributed by atoms with Gasteiger partial charge in [-0.15, -0.1) is 0 Å². The minimum absolute atomic E-state index is 0.0451. The van der Waals surface area contributed by atoms with Gasteiger partial charge in [-0.2, -0.15) is 11.8 Å². The summed E-state index contributed by atoms with van der Waals surface area (Å²) < 4.78 is 1.55. The van der Waals surface area contributed by atoms with Crippen LogP contribution in [0.4, 0.5) is 0 Å². The number of aromatic nitrogens is 2. The first-order chi connectivity index (χ1) is 15.2. The number of benzene rings is 1. The molecule has 2 aromatic rings. The largest absolute Gasteiger partial charge is 0.481 e. The molecular formula is C20H24N4O7S. The van der Waals surface area contributed by atoms with Gasteiger partial charge >= 0.3 is 11.9 Å². The van der Waals surface area contributed by atoms with Crippen molar-refractivity contribution in [3.63, 3.8) is 0 Å². The molecule has 1 unspecified atom stereocenters. The van der Waals surface area contributed by atoms with Crippen LogP contribution in [-0.2, 0) is 25.7 Å². The Kier molecular flexibility index (Phi) is 9.20. The molecule has 32 heavy (non-hydrogen) atoms. The molecule has 1 aromatic heterocycles. The zero-order chi connectivity index (χ0) is 23.7. The van der Waals surface area contributed by atoms with E-state index in [1.807, 2.05) is 6.07 Å². The molecule has 2 rings (SSSR count). The van der Waals surface area contributed by atoms with Crippen LogP contribution in [-0.4, -0.2) is 67.6 Å². The van der Waals surface area contributed by atoms with E-state index >= 15 is 0 Å². The Morgan fingerprint density at radius 2 is 1.88 bits per heavy atom. The van der Waals surface area contributed by atoms with Crippen LogP contribution in [0.3, 0.4) is 0 Å². The maximum Gasteiger partial charge on any atom is 0.326 e. The van der Waals surface area contributed by atoms with Crippen LogP contribution in [0.15, 0.2) is 29.1 Å². The van der Waals surface area contributed by atoms with E-state index in [1.54, 1.807) is 29.7 Å². The number of hydrogen-bond acceptors (Lipinski definition) is 7. The first-order valence-electron chi connectivity index (χ1n) is 9.73. The molecule has 2 amide bonds. The lowest BCUT2D eigenvalue weighted by molar-refractivity contribution is -0.142. The zero-order valence-corrected chi connectivity index (χ0v) is 18.2. The van der Waals surface area contributed by atoms with Gasteiger partial charge < -0.3 is 20.8 Å². The average Bonchev–Trinajstić information content (AvgIpc) is 2.74. The fourth-order valence-corrected chi connectivity index (χ4v) is 3.61. The number of thioether (sulfide) groups is 1. The van der Waals surface area contributed by atoms with Gasteiger partial charge in [-0.3, -0.25) is 23.7 Å². The molecule has 1 heterocycles. The van der Waals surface area contributed by atoms with E-state index in [9.17, 15) is 24.0 Å². The molecule has 0 bridgehead atoms. The summed E-state index contributed by atoms with van der Waals surface area (Å²) in [5.41, 5.74) is 0.482. The van der Waals surface area contributed by atoms with Crippen molar-refractivity contribution in [2.45, 2.75) is 32.4 Å². The van der Waals surface area contributed by atoms with E-state index in [0.717, 1.165) is 0 Å².